The normalized spacial score (nSPS) is 8.82. The Morgan fingerprint density at radius 3 is 1.18 bits per heavy atom. The van der Waals surface area contributed by atoms with Crippen molar-refractivity contribution in [2.45, 2.75) is 0 Å². The molecule has 0 atom stereocenters. The third-order valence-electron chi connectivity index (χ3n) is 1.30. The minimum absolute atomic E-state index is 0.815. The number of hydrogen-bond donors (Lipinski definition) is 5. The zero-order valence-corrected chi connectivity index (χ0v) is 8.36. The lowest BCUT2D eigenvalue weighted by Crippen LogP contribution is -2.26. The van der Waals surface area contributed by atoms with E-state index in [1.165, 1.54) is 0 Å². The summed E-state index contributed by atoms with van der Waals surface area (Å²) in [7, 11) is 0. The Morgan fingerprint density at radius 2 is 1.18 bits per heavy atom. The maximum absolute atomic E-state index is 9.83. The van der Waals surface area contributed by atoms with Crippen LogP contribution in [0, 0.1) is 5.92 Å². The highest BCUT2D eigenvalue weighted by atomic mass is 16.4. The molecule has 0 unspecified atom stereocenters. The fraction of sp³-hybridized carbons (Fsp3) is 0.250. The number of aliphatic carboxylic acids is 4. The van der Waals surface area contributed by atoms with Crippen LogP contribution in [0.4, 0.5) is 0 Å². The first kappa shape index (κ1) is 17.0. The van der Waals surface area contributed by atoms with E-state index in [4.69, 9.17) is 25.5 Å². The van der Waals surface area contributed by atoms with Crippen LogP contribution in [-0.4, -0.2) is 56.0 Å². The van der Waals surface area contributed by atoms with Crippen LogP contribution in [0.25, 0.3) is 0 Å². The fourth-order valence-corrected chi connectivity index (χ4v) is 0.353. The fourth-order valence-electron chi connectivity index (χ4n) is 0.353. The van der Waals surface area contributed by atoms with Crippen molar-refractivity contribution in [3.05, 3.63) is 12.2 Å². The van der Waals surface area contributed by atoms with Gasteiger partial charge in [-0.1, -0.05) is 6.58 Å². The number of carboxylic acids is 4. The minimum atomic E-state index is -1.69. The SMILES string of the molecule is C=C(C(=O)O)C(=O)O.O=C(O)C(CO)C(=O)O. The van der Waals surface area contributed by atoms with Crippen LogP contribution in [-0.2, 0) is 19.2 Å². The van der Waals surface area contributed by atoms with E-state index in [0.29, 0.717) is 0 Å². The van der Waals surface area contributed by atoms with E-state index in [2.05, 4.69) is 6.58 Å². The summed E-state index contributed by atoms with van der Waals surface area (Å²) in [5.74, 6) is -7.74. The smallest absolute Gasteiger partial charge is 0.342 e. The topological polar surface area (TPSA) is 169 Å². The summed E-state index contributed by atoms with van der Waals surface area (Å²) >= 11 is 0. The van der Waals surface area contributed by atoms with Crippen molar-refractivity contribution in [3.8, 4) is 0 Å². The number of aliphatic hydroxyl groups excluding tert-OH is 1. The molecule has 0 saturated carbocycles. The first-order valence-corrected chi connectivity index (χ1v) is 3.87. The van der Waals surface area contributed by atoms with Crippen LogP contribution in [0.3, 0.4) is 0 Å². The van der Waals surface area contributed by atoms with Crippen molar-refractivity contribution in [3.63, 3.8) is 0 Å². The first-order valence-electron chi connectivity index (χ1n) is 3.87. The third-order valence-corrected chi connectivity index (χ3v) is 1.30. The number of hydrogen-bond acceptors (Lipinski definition) is 5. The van der Waals surface area contributed by atoms with E-state index in [9.17, 15) is 19.2 Å². The van der Waals surface area contributed by atoms with E-state index < -0.39 is 42.0 Å². The lowest BCUT2D eigenvalue weighted by atomic mass is 10.2. The Hall–Kier alpha value is -2.42. The summed E-state index contributed by atoms with van der Waals surface area (Å²) in [6.07, 6.45) is 0. The van der Waals surface area contributed by atoms with Gasteiger partial charge in [-0.15, -0.1) is 0 Å². The Morgan fingerprint density at radius 1 is 0.882 bits per heavy atom. The number of carbonyl (C=O) groups is 4. The van der Waals surface area contributed by atoms with Crippen molar-refractivity contribution in [1.82, 2.24) is 0 Å². The lowest BCUT2D eigenvalue weighted by molar-refractivity contribution is -0.156. The van der Waals surface area contributed by atoms with Crippen molar-refractivity contribution < 1.29 is 44.7 Å². The van der Waals surface area contributed by atoms with E-state index in [1.54, 1.807) is 0 Å². The minimum Gasteiger partial charge on any atom is -0.481 e. The number of rotatable bonds is 5. The molecule has 0 spiro atoms. The van der Waals surface area contributed by atoms with Gasteiger partial charge in [-0.05, 0) is 0 Å². The molecule has 0 aromatic heterocycles. The first-order chi connectivity index (χ1) is 7.64. The van der Waals surface area contributed by atoms with Gasteiger partial charge in [0, 0.05) is 0 Å². The van der Waals surface area contributed by atoms with E-state index >= 15 is 0 Å². The molecule has 0 aromatic rings. The molecule has 17 heavy (non-hydrogen) atoms. The Labute approximate surface area is 94.2 Å². The molecule has 0 bridgehead atoms. The second kappa shape index (κ2) is 7.82. The summed E-state index contributed by atoms with van der Waals surface area (Å²) < 4.78 is 0. The van der Waals surface area contributed by atoms with Crippen LogP contribution >= 0.6 is 0 Å². The van der Waals surface area contributed by atoms with Crippen LogP contribution in [0.2, 0.25) is 0 Å². The summed E-state index contributed by atoms with van der Waals surface area (Å²) in [6.45, 7) is 1.88. The van der Waals surface area contributed by atoms with Crippen molar-refractivity contribution in [2.75, 3.05) is 6.61 Å². The van der Waals surface area contributed by atoms with Gasteiger partial charge in [0.2, 0.25) is 0 Å². The van der Waals surface area contributed by atoms with Gasteiger partial charge in [0.25, 0.3) is 0 Å². The van der Waals surface area contributed by atoms with Crippen LogP contribution in [0.5, 0.6) is 0 Å². The molecule has 0 aliphatic rings. The monoisotopic (exact) mass is 250 g/mol. The summed E-state index contributed by atoms with van der Waals surface area (Å²) in [4.78, 5) is 39.0. The third kappa shape index (κ3) is 7.50. The maximum Gasteiger partial charge on any atom is 0.342 e. The quantitative estimate of drug-likeness (QED) is 0.221. The molecule has 0 aromatic carbocycles. The molecule has 9 heteroatoms. The highest BCUT2D eigenvalue weighted by Crippen LogP contribution is 1.93. The molecule has 0 aliphatic carbocycles. The number of carboxylic acid groups (broad SMARTS) is 4. The molecule has 96 valence electrons. The molecule has 5 N–H and O–H groups in total. The Kier molecular flexibility index (Phi) is 7.81. The van der Waals surface area contributed by atoms with Crippen molar-refractivity contribution >= 4 is 23.9 Å². The van der Waals surface area contributed by atoms with Gasteiger partial charge in [-0.3, -0.25) is 9.59 Å². The molecule has 0 amide bonds. The predicted octanol–water partition coefficient (Wildman–Crippen LogP) is -1.52. The van der Waals surface area contributed by atoms with E-state index in [1.807, 2.05) is 0 Å². The molecule has 0 fully saturated rings. The van der Waals surface area contributed by atoms with E-state index in [-0.39, 0.29) is 0 Å². The zero-order chi connectivity index (χ0) is 14.2. The Bertz CT molecular complexity index is 313. The highest BCUT2D eigenvalue weighted by Gasteiger charge is 2.23. The van der Waals surface area contributed by atoms with Gasteiger partial charge >= 0.3 is 23.9 Å². The van der Waals surface area contributed by atoms with Gasteiger partial charge in [-0.2, -0.15) is 0 Å². The van der Waals surface area contributed by atoms with Gasteiger partial charge in [0.15, 0.2) is 5.92 Å². The van der Waals surface area contributed by atoms with Gasteiger partial charge in [0.05, 0.1) is 6.61 Å². The van der Waals surface area contributed by atoms with Crippen LogP contribution in [0.15, 0.2) is 12.2 Å². The van der Waals surface area contributed by atoms with Crippen molar-refractivity contribution in [1.29, 1.82) is 0 Å². The molecule has 0 rings (SSSR count). The second-order valence-corrected chi connectivity index (χ2v) is 2.50. The maximum atomic E-state index is 9.83. The molecule has 9 nitrogen and oxygen atoms in total. The second-order valence-electron chi connectivity index (χ2n) is 2.50. The Balaban J connectivity index is 0. The highest BCUT2D eigenvalue weighted by molar-refractivity contribution is 6.11. The van der Waals surface area contributed by atoms with Gasteiger partial charge < -0.3 is 25.5 Å². The zero-order valence-electron chi connectivity index (χ0n) is 8.36. The molecule has 0 aliphatic heterocycles. The van der Waals surface area contributed by atoms with Crippen molar-refractivity contribution in [2.24, 2.45) is 5.92 Å². The number of aliphatic hydroxyl groups is 1. The van der Waals surface area contributed by atoms with Gasteiger partial charge in [0.1, 0.15) is 5.57 Å². The molecular weight excluding hydrogens is 240 g/mol. The standard InChI is InChI=1S/C4H6O5.C4H4O4/c5-1-2(3(6)7)4(8)9;1-2(3(5)6)4(7)8/h2,5H,1H2,(H,6,7)(H,8,9);1H2,(H,5,6)(H,7,8). The summed E-state index contributed by atoms with van der Waals surface area (Å²) in [6, 6.07) is 0. The van der Waals surface area contributed by atoms with Crippen LogP contribution < -0.4 is 0 Å². The molecule has 0 radical (unpaired) electrons. The largest absolute Gasteiger partial charge is 0.481 e. The average molecular weight is 250 g/mol. The predicted molar refractivity (Wildman–Crippen MR) is 50.3 cm³/mol. The summed E-state index contributed by atoms with van der Waals surface area (Å²) in [5.41, 5.74) is -0.815. The summed E-state index contributed by atoms with van der Waals surface area (Å²) in [5, 5.41) is 39.9. The molecule has 0 heterocycles. The van der Waals surface area contributed by atoms with Gasteiger partial charge in [-0.25, -0.2) is 9.59 Å². The lowest BCUT2D eigenvalue weighted by Gasteiger charge is -1.99. The molecular formula is C8H10O9. The molecule has 0 saturated heterocycles. The average Bonchev–Trinajstić information content (AvgIpc) is 2.16. The van der Waals surface area contributed by atoms with Crippen LogP contribution in [0.1, 0.15) is 0 Å². The van der Waals surface area contributed by atoms with E-state index in [0.717, 1.165) is 0 Å².